The van der Waals surface area contributed by atoms with Crippen LogP contribution in [0.15, 0.2) is 54.6 Å². The summed E-state index contributed by atoms with van der Waals surface area (Å²) in [5.41, 5.74) is 2.15. The van der Waals surface area contributed by atoms with E-state index < -0.39 is 0 Å². The normalized spacial score (nSPS) is 10.5. The third kappa shape index (κ3) is 1.83. The van der Waals surface area contributed by atoms with Crippen LogP contribution in [0.4, 0.5) is 0 Å². The van der Waals surface area contributed by atoms with Gasteiger partial charge < -0.3 is 5.21 Å². The van der Waals surface area contributed by atoms with E-state index >= 15 is 0 Å². The highest BCUT2D eigenvalue weighted by Crippen LogP contribution is 2.20. The fourth-order valence-electron chi connectivity index (χ4n) is 2.05. The smallest absolute Gasteiger partial charge is 0.283 e. The van der Waals surface area contributed by atoms with E-state index in [1.807, 2.05) is 36.4 Å². The summed E-state index contributed by atoms with van der Waals surface area (Å²) >= 11 is 0. The van der Waals surface area contributed by atoms with Crippen molar-refractivity contribution < 1.29 is 9.52 Å². The summed E-state index contributed by atoms with van der Waals surface area (Å²) in [6, 6.07) is 16.2. The average Bonchev–Trinajstić information content (AvgIpc) is 2.48. The van der Waals surface area contributed by atoms with Crippen molar-refractivity contribution in [3.05, 3.63) is 65.5 Å². The molecule has 3 rings (SSSR count). The summed E-state index contributed by atoms with van der Waals surface area (Å²) in [6.45, 7) is 0. The van der Waals surface area contributed by atoms with E-state index in [1.165, 1.54) is 0 Å². The Hall–Kier alpha value is -2.75. The number of rotatable bonds is 2. The number of aromatic nitrogens is 2. The molecule has 19 heavy (non-hydrogen) atoms. The van der Waals surface area contributed by atoms with Crippen LogP contribution in [0.25, 0.3) is 22.3 Å². The number of nitrogens with zero attached hydrogens (tertiary/aromatic N) is 2. The molecule has 0 N–H and O–H groups in total. The minimum Gasteiger partial charge on any atom is -0.618 e. The maximum absolute atomic E-state index is 12.2. The molecule has 0 aliphatic carbocycles. The van der Waals surface area contributed by atoms with Gasteiger partial charge in [0.15, 0.2) is 0 Å². The van der Waals surface area contributed by atoms with Crippen molar-refractivity contribution >= 4 is 17.3 Å². The van der Waals surface area contributed by atoms with Gasteiger partial charge in [0.05, 0.1) is 0 Å². The van der Waals surface area contributed by atoms with Crippen LogP contribution < -0.4 is 4.73 Å². The zero-order chi connectivity index (χ0) is 13.2. The van der Waals surface area contributed by atoms with Crippen molar-refractivity contribution in [1.29, 1.82) is 0 Å². The highest BCUT2D eigenvalue weighted by Gasteiger charge is 2.19. The minimum atomic E-state index is 0.0323. The molecular weight excluding hydrogens is 240 g/mol. The van der Waals surface area contributed by atoms with Gasteiger partial charge in [-0.1, -0.05) is 42.5 Å². The predicted molar refractivity (Wildman–Crippen MR) is 71.5 cm³/mol. The van der Waals surface area contributed by atoms with E-state index in [0.717, 1.165) is 5.56 Å². The van der Waals surface area contributed by atoms with Crippen molar-refractivity contribution in [3.8, 4) is 11.3 Å². The molecule has 0 radical (unpaired) electrons. The highest BCUT2D eigenvalue weighted by molar-refractivity contribution is 5.85. The molecule has 3 aromatic rings. The van der Waals surface area contributed by atoms with Crippen molar-refractivity contribution in [1.82, 2.24) is 4.98 Å². The molecule has 0 spiro atoms. The van der Waals surface area contributed by atoms with Gasteiger partial charge in [0.25, 0.3) is 5.69 Å². The Kier molecular flexibility index (Phi) is 2.68. The molecule has 0 bridgehead atoms. The Labute approximate surface area is 109 Å². The fraction of sp³-hybridized carbons (Fsp3) is 0. The van der Waals surface area contributed by atoms with Gasteiger partial charge in [-0.2, -0.15) is 4.73 Å². The van der Waals surface area contributed by atoms with Gasteiger partial charge in [-0.25, -0.2) is 4.98 Å². The van der Waals surface area contributed by atoms with E-state index in [-0.39, 0.29) is 5.69 Å². The van der Waals surface area contributed by atoms with Gasteiger partial charge in [-0.05, 0) is 6.07 Å². The van der Waals surface area contributed by atoms with Crippen LogP contribution in [-0.2, 0) is 0 Å². The lowest BCUT2D eigenvalue weighted by atomic mass is 10.1. The van der Waals surface area contributed by atoms with Gasteiger partial charge in [0.2, 0.25) is 11.8 Å². The second-order valence-electron chi connectivity index (χ2n) is 4.11. The van der Waals surface area contributed by atoms with Gasteiger partial charge >= 0.3 is 0 Å². The molecule has 0 atom stereocenters. The molecule has 0 saturated carbocycles. The predicted octanol–water partition coefficient (Wildman–Crippen LogP) is 2.35. The van der Waals surface area contributed by atoms with E-state index in [0.29, 0.717) is 27.7 Å². The standard InChI is InChI=1S/C15H10N2O2/c18-10-14-15(11-6-2-1-3-7-11)16-12-8-4-5-9-13(12)17(14)19/h1-10H. The van der Waals surface area contributed by atoms with Gasteiger partial charge in [-0.3, -0.25) is 4.79 Å². The van der Waals surface area contributed by atoms with Gasteiger partial charge in [-0.15, -0.1) is 0 Å². The van der Waals surface area contributed by atoms with Crippen LogP contribution in [-0.4, -0.2) is 11.3 Å². The van der Waals surface area contributed by atoms with Crippen molar-refractivity contribution in [2.75, 3.05) is 0 Å². The Morgan fingerprint density at radius 2 is 1.68 bits per heavy atom. The van der Waals surface area contributed by atoms with Crippen molar-refractivity contribution in [3.63, 3.8) is 0 Å². The second-order valence-corrected chi connectivity index (χ2v) is 4.11. The lowest BCUT2D eigenvalue weighted by Gasteiger charge is -2.08. The molecule has 92 valence electrons. The summed E-state index contributed by atoms with van der Waals surface area (Å²) in [5, 5.41) is 12.2. The Morgan fingerprint density at radius 3 is 2.42 bits per heavy atom. The quantitative estimate of drug-likeness (QED) is 0.398. The summed E-state index contributed by atoms with van der Waals surface area (Å²) in [5.74, 6) is 0. The van der Waals surface area contributed by atoms with Crippen LogP contribution in [0.3, 0.4) is 0 Å². The number of hydrogen-bond donors (Lipinski definition) is 0. The number of fused-ring (bicyclic) bond motifs is 1. The monoisotopic (exact) mass is 250 g/mol. The lowest BCUT2D eigenvalue weighted by molar-refractivity contribution is -0.578. The summed E-state index contributed by atoms with van der Waals surface area (Å²) < 4.78 is 0.637. The first-order chi connectivity index (χ1) is 9.31. The maximum atomic E-state index is 12.2. The lowest BCUT2D eigenvalue weighted by Crippen LogP contribution is -2.34. The first-order valence-corrected chi connectivity index (χ1v) is 5.84. The van der Waals surface area contributed by atoms with Crippen LogP contribution in [0.1, 0.15) is 10.5 Å². The second kappa shape index (κ2) is 4.49. The molecule has 0 unspecified atom stereocenters. The zero-order valence-electron chi connectivity index (χ0n) is 9.98. The van der Waals surface area contributed by atoms with E-state index in [9.17, 15) is 10.0 Å². The molecule has 2 aromatic carbocycles. The topological polar surface area (TPSA) is 56.9 Å². The number of carbonyl (C=O) groups is 1. The summed E-state index contributed by atoms with van der Waals surface area (Å²) in [4.78, 5) is 15.6. The molecule has 4 heteroatoms. The van der Waals surface area contributed by atoms with Crippen molar-refractivity contribution in [2.45, 2.75) is 0 Å². The first kappa shape index (κ1) is 11.3. The van der Waals surface area contributed by atoms with E-state index in [4.69, 9.17) is 0 Å². The third-order valence-corrected chi connectivity index (χ3v) is 2.95. The number of carbonyl (C=O) groups excluding carboxylic acids is 1. The molecule has 4 nitrogen and oxygen atoms in total. The Balaban J connectivity index is 2.39. The minimum absolute atomic E-state index is 0.0323. The molecule has 0 aliphatic heterocycles. The van der Waals surface area contributed by atoms with Gasteiger partial charge in [0, 0.05) is 11.6 Å². The first-order valence-electron chi connectivity index (χ1n) is 5.84. The number of benzene rings is 2. The molecule has 0 aliphatic rings. The van der Waals surface area contributed by atoms with Crippen LogP contribution in [0.5, 0.6) is 0 Å². The SMILES string of the molecule is O=Cc1c(-c2ccccc2)nc2ccccc2[n+]1[O-]. The van der Waals surface area contributed by atoms with Crippen LogP contribution in [0, 0.1) is 5.21 Å². The van der Waals surface area contributed by atoms with Crippen LogP contribution >= 0.6 is 0 Å². The van der Waals surface area contributed by atoms with Crippen molar-refractivity contribution in [2.24, 2.45) is 0 Å². The Bertz CT molecular complexity index is 755. The fourth-order valence-corrected chi connectivity index (χ4v) is 2.05. The number of aldehydes is 1. The molecule has 0 saturated heterocycles. The summed E-state index contributed by atoms with van der Waals surface area (Å²) in [7, 11) is 0. The van der Waals surface area contributed by atoms with Crippen LogP contribution in [0.2, 0.25) is 0 Å². The average molecular weight is 250 g/mol. The number of hydrogen-bond acceptors (Lipinski definition) is 3. The Morgan fingerprint density at radius 1 is 1.00 bits per heavy atom. The zero-order valence-corrected chi connectivity index (χ0v) is 9.98. The van der Waals surface area contributed by atoms with Gasteiger partial charge in [0.1, 0.15) is 11.2 Å². The molecule has 1 heterocycles. The van der Waals surface area contributed by atoms with E-state index in [2.05, 4.69) is 4.98 Å². The molecule has 0 fully saturated rings. The largest absolute Gasteiger partial charge is 0.618 e. The molecule has 0 amide bonds. The third-order valence-electron chi connectivity index (χ3n) is 2.95. The maximum Gasteiger partial charge on any atom is 0.283 e. The molecular formula is C15H10N2O2. The number of para-hydroxylation sites is 2. The molecule has 1 aromatic heterocycles. The highest BCUT2D eigenvalue weighted by atomic mass is 16.5. The van der Waals surface area contributed by atoms with E-state index in [1.54, 1.807) is 18.2 Å². The summed E-state index contributed by atoms with van der Waals surface area (Å²) in [6.07, 6.45) is 0.550.